The largest absolute Gasteiger partial charge is 0.502 e. The monoisotopic (exact) mass is 544 g/mol. The van der Waals surface area contributed by atoms with Crippen molar-refractivity contribution in [2.45, 2.75) is 12.0 Å². The van der Waals surface area contributed by atoms with Crippen LogP contribution in [0.3, 0.4) is 0 Å². The molecule has 0 heterocycles. The van der Waals surface area contributed by atoms with Crippen molar-refractivity contribution < 1.29 is 56.7 Å². The van der Waals surface area contributed by atoms with Crippen LogP contribution in [0.4, 0.5) is 28.9 Å². The molecule has 0 bridgehead atoms. The lowest BCUT2D eigenvalue weighted by atomic mass is 10.1. The van der Waals surface area contributed by atoms with Gasteiger partial charge in [-0.2, -0.15) is 17.6 Å². The molecule has 0 aliphatic carbocycles. The van der Waals surface area contributed by atoms with Gasteiger partial charge in [-0.3, -0.25) is 29.8 Å². The number of nitro benzene ring substituents is 2. The number of carboxylic acid groups (broad SMARTS) is 1. The van der Waals surface area contributed by atoms with E-state index in [-0.39, 0.29) is 5.56 Å². The zero-order valence-corrected chi connectivity index (χ0v) is 17.9. The molecule has 2 aromatic rings. The standard InChI is InChI=1S/C8H6F2N2O4.C7H6N2O4.C2HClF2O2/c9-8(10)16-6-4(7(11)13)2-1-3-5(6)12(14)15;8-7(11)4-2-1-3-5(6(4)10)9(12)13;3-2(4,5)1(6)7/h1-3,8H,(H2,11,13);1-3,10H,(H2,8,11);(H,6,7). The fourth-order valence-corrected chi connectivity index (χ4v) is 1.95. The topological polar surface area (TPSA) is 239 Å². The van der Waals surface area contributed by atoms with Crippen LogP contribution < -0.4 is 16.2 Å². The lowest BCUT2D eigenvalue weighted by Gasteiger charge is -2.08. The molecule has 0 spiro atoms. The summed E-state index contributed by atoms with van der Waals surface area (Å²) in [6, 6.07) is 6.72. The lowest BCUT2D eigenvalue weighted by molar-refractivity contribution is -0.386. The van der Waals surface area contributed by atoms with E-state index in [1.807, 2.05) is 0 Å². The molecule has 0 fully saturated rings. The van der Waals surface area contributed by atoms with Crippen LogP contribution in [0.2, 0.25) is 0 Å². The predicted octanol–water partition coefficient (Wildman–Crippen LogP) is 2.60. The van der Waals surface area contributed by atoms with E-state index in [0.29, 0.717) is 0 Å². The first-order valence-corrected chi connectivity index (χ1v) is 8.87. The zero-order valence-electron chi connectivity index (χ0n) is 17.1. The van der Waals surface area contributed by atoms with Crippen LogP contribution >= 0.6 is 11.6 Å². The highest BCUT2D eigenvalue weighted by Crippen LogP contribution is 2.32. The molecular formula is C17H13ClF4N4O10. The molecule has 196 valence electrons. The number of primary amides is 2. The summed E-state index contributed by atoms with van der Waals surface area (Å²) in [7, 11) is 0. The Kier molecular flexibility index (Phi) is 11.5. The number of carboxylic acids is 1. The summed E-state index contributed by atoms with van der Waals surface area (Å²) in [5.41, 5.74) is 7.75. The van der Waals surface area contributed by atoms with Crippen molar-refractivity contribution in [2.24, 2.45) is 11.5 Å². The van der Waals surface area contributed by atoms with E-state index in [4.69, 9.17) is 21.4 Å². The van der Waals surface area contributed by atoms with Crippen LogP contribution in [0.1, 0.15) is 20.7 Å². The van der Waals surface area contributed by atoms with Gasteiger partial charge in [0.25, 0.3) is 11.8 Å². The maximum Gasteiger partial charge on any atom is 0.417 e. The SMILES string of the molecule is NC(=O)c1cccc([N+](=O)[O-])c1O.NC(=O)c1cccc([N+](=O)[O-])c1OC(F)F.O=C(O)C(F)(F)Cl. The molecule has 0 aromatic heterocycles. The van der Waals surface area contributed by atoms with Crippen molar-refractivity contribution in [3.05, 3.63) is 67.8 Å². The summed E-state index contributed by atoms with van der Waals surface area (Å²) in [5, 5.41) is 33.2. The Balaban J connectivity index is 0.000000550. The molecule has 14 nitrogen and oxygen atoms in total. The third kappa shape index (κ3) is 9.63. The van der Waals surface area contributed by atoms with Crippen LogP contribution in [-0.2, 0) is 4.79 Å². The minimum Gasteiger partial charge on any atom is -0.502 e. The third-order valence-electron chi connectivity index (χ3n) is 3.38. The van der Waals surface area contributed by atoms with E-state index in [0.717, 1.165) is 24.3 Å². The van der Waals surface area contributed by atoms with Gasteiger partial charge in [0.2, 0.25) is 11.5 Å². The number of hydrogen-bond acceptors (Lipinski definition) is 9. The van der Waals surface area contributed by atoms with Crippen LogP contribution in [0, 0.1) is 20.2 Å². The molecule has 36 heavy (non-hydrogen) atoms. The molecule has 0 radical (unpaired) electrons. The van der Waals surface area contributed by atoms with E-state index in [2.05, 4.69) is 16.3 Å². The molecule has 0 unspecified atom stereocenters. The first-order chi connectivity index (χ1) is 16.4. The fourth-order valence-electron chi connectivity index (χ4n) is 1.95. The van der Waals surface area contributed by atoms with Gasteiger partial charge < -0.3 is 26.4 Å². The number of aliphatic carboxylic acids is 1. The third-order valence-corrected chi connectivity index (χ3v) is 3.54. The minimum atomic E-state index is -4.11. The van der Waals surface area contributed by atoms with Gasteiger partial charge in [0.1, 0.15) is 0 Å². The summed E-state index contributed by atoms with van der Waals surface area (Å²) in [6.45, 7) is -3.28. The number of hydrogen-bond donors (Lipinski definition) is 4. The van der Waals surface area contributed by atoms with E-state index in [9.17, 15) is 52.5 Å². The first-order valence-electron chi connectivity index (χ1n) is 8.50. The van der Waals surface area contributed by atoms with E-state index >= 15 is 0 Å². The molecule has 0 aliphatic heterocycles. The molecule has 19 heteroatoms. The first kappa shape index (κ1) is 31.3. The molecule has 2 amide bonds. The molecule has 0 saturated heterocycles. The van der Waals surface area contributed by atoms with Crippen LogP contribution in [0.15, 0.2) is 36.4 Å². The number of para-hydroxylation sites is 2. The number of nitro groups is 2. The number of nitrogens with zero attached hydrogens (tertiary/aromatic N) is 2. The number of nitrogens with two attached hydrogens (primary N) is 2. The number of alkyl halides is 5. The summed E-state index contributed by atoms with van der Waals surface area (Å²) in [6.07, 6.45) is 0. The molecule has 2 rings (SSSR count). The number of benzene rings is 2. The van der Waals surface area contributed by atoms with Gasteiger partial charge in [-0.25, -0.2) is 4.79 Å². The van der Waals surface area contributed by atoms with Gasteiger partial charge in [0, 0.05) is 12.1 Å². The van der Waals surface area contributed by atoms with Gasteiger partial charge >= 0.3 is 29.3 Å². The van der Waals surface area contributed by atoms with Crippen molar-refractivity contribution in [1.82, 2.24) is 0 Å². The number of ether oxygens (including phenoxy) is 1. The fraction of sp³-hybridized carbons (Fsp3) is 0.118. The average Bonchev–Trinajstić information content (AvgIpc) is 2.73. The van der Waals surface area contributed by atoms with Gasteiger partial charge in [-0.05, 0) is 23.7 Å². The van der Waals surface area contributed by atoms with E-state index in [1.165, 1.54) is 12.1 Å². The number of amides is 2. The summed E-state index contributed by atoms with van der Waals surface area (Å²) in [5.74, 6) is -5.83. The maximum atomic E-state index is 12.0. The Morgan fingerprint density at radius 3 is 1.67 bits per heavy atom. The van der Waals surface area contributed by atoms with Gasteiger partial charge in [-0.1, -0.05) is 12.1 Å². The minimum absolute atomic E-state index is 0.255. The highest BCUT2D eigenvalue weighted by Gasteiger charge is 2.35. The quantitative estimate of drug-likeness (QED) is 0.172. The smallest absolute Gasteiger partial charge is 0.417 e. The van der Waals surface area contributed by atoms with Crippen LogP contribution in [0.25, 0.3) is 0 Å². The second-order valence-corrected chi connectivity index (χ2v) is 6.23. The molecule has 0 aliphatic rings. The Hall–Kier alpha value is -4.74. The van der Waals surface area contributed by atoms with Gasteiger partial charge in [0.05, 0.1) is 21.0 Å². The number of carbonyl (C=O) groups excluding carboxylic acids is 2. The van der Waals surface area contributed by atoms with Crippen molar-refractivity contribution in [2.75, 3.05) is 0 Å². The number of aromatic hydroxyl groups is 1. The molecule has 0 saturated carbocycles. The van der Waals surface area contributed by atoms with E-state index < -0.39 is 68.1 Å². The Bertz CT molecular complexity index is 1100. The summed E-state index contributed by atoms with van der Waals surface area (Å²) in [4.78, 5) is 49.7. The van der Waals surface area contributed by atoms with Gasteiger partial charge in [-0.15, -0.1) is 0 Å². The molecule has 2 aromatic carbocycles. The maximum absolute atomic E-state index is 12.0. The number of phenols is 1. The van der Waals surface area contributed by atoms with Crippen molar-refractivity contribution in [1.29, 1.82) is 0 Å². The average molecular weight is 545 g/mol. The second-order valence-electron chi connectivity index (χ2n) is 5.75. The predicted molar refractivity (Wildman–Crippen MR) is 110 cm³/mol. The normalized spacial score (nSPS) is 10.2. The Morgan fingerprint density at radius 1 is 0.944 bits per heavy atom. The molecule has 0 atom stereocenters. The highest BCUT2D eigenvalue weighted by atomic mass is 35.5. The zero-order chi connectivity index (χ0) is 28.4. The number of halogens is 5. The Labute approximate surface area is 200 Å². The van der Waals surface area contributed by atoms with Crippen LogP contribution in [0.5, 0.6) is 11.5 Å². The van der Waals surface area contributed by atoms with Crippen LogP contribution in [-0.4, -0.2) is 49.8 Å². The number of carbonyl (C=O) groups is 3. The summed E-state index contributed by atoms with van der Waals surface area (Å²) < 4.78 is 50.0. The van der Waals surface area contributed by atoms with Crippen molar-refractivity contribution in [3.8, 4) is 11.5 Å². The lowest BCUT2D eigenvalue weighted by Crippen LogP contribution is -2.19. The Morgan fingerprint density at radius 2 is 1.33 bits per heavy atom. The second kappa shape index (κ2) is 13.2. The van der Waals surface area contributed by atoms with Crippen molar-refractivity contribution >= 4 is 40.8 Å². The van der Waals surface area contributed by atoms with E-state index in [1.54, 1.807) is 0 Å². The summed E-state index contributed by atoms with van der Waals surface area (Å²) >= 11 is 3.94. The highest BCUT2D eigenvalue weighted by molar-refractivity contribution is 6.30. The molecular weight excluding hydrogens is 532 g/mol. The van der Waals surface area contributed by atoms with Crippen molar-refractivity contribution in [3.63, 3.8) is 0 Å². The van der Waals surface area contributed by atoms with Gasteiger partial charge in [0.15, 0.2) is 0 Å². The molecule has 6 N–H and O–H groups in total. The number of rotatable bonds is 7.